The van der Waals surface area contributed by atoms with Crippen LogP contribution in [0, 0.1) is 6.92 Å². The van der Waals surface area contributed by atoms with Crippen LogP contribution in [0.15, 0.2) is 61.7 Å². The molecule has 0 aliphatic rings. The fraction of sp³-hybridized carbons (Fsp3) is 0.280. The lowest BCUT2D eigenvalue weighted by Crippen LogP contribution is -2.15. The molecule has 5 nitrogen and oxygen atoms in total. The maximum Gasteiger partial charge on any atom is 0.311 e. The Morgan fingerprint density at radius 1 is 0.833 bits per heavy atom. The van der Waals surface area contributed by atoms with Crippen LogP contribution in [0.25, 0.3) is 0 Å². The van der Waals surface area contributed by atoms with Gasteiger partial charge in [0.05, 0.1) is 19.4 Å². The number of rotatable bonds is 11. The predicted octanol–water partition coefficient (Wildman–Crippen LogP) is 5.14. The van der Waals surface area contributed by atoms with Crippen LogP contribution in [0.2, 0.25) is 0 Å². The number of carbonyl (C=O) groups is 2. The van der Waals surface area contributed by atoms with Gasteiger partial charge in [0.25, 0.3) is 0 Å². The molecule has 158 valence electrons. The van der Waals surface area contributed by atoms with Gasteiger partial charge in [-0.2, -0.15) is 0 Å². The van der Waals surface area contributed by atoms with Gasteiger partial charge in [-0.05, 0) is 61.6 Å². The summed E-state index contributed by atoms with van der Waals surface area (Å²) in [5.41, 5.74) is 2.95. The molecular formula is C25H28O5. The summed E-state index contributed by atoms with van der Waals surface area (Å²) in [4.78, 5) is 24.3. The van der Waals surface area contributed by atoms with Gasteiger partial charge in [-0.25, -0.2) is 0 Å². The third-order valence-electron chi connectivity index (χ3n) is 4.29. The Kier molecular flexibility index (Phi) is 8.88. The van der Waals surface area contributed by atoms with Crippen LogP contribution in [0.4, 0.5) is 0 Å². The Balaban J connectivity index is 1.92. The molecule has 0 radical (unpaired) electrons. The minimum Gasteiger partial charge on any atom is -0.490 e. The van der Waals surface area contributed by atoms with E-state index in [4.69, 9.17) is 14.2 Å². The molecule has 0 aromatic heterocycles. The number of allylic oxidation sites excluding steroid dienone is 2. The summed E-state index contributed by atoms with van der Waals surface area (Å²) < 4.78 is 16.3. The van der Waals surface area contributed by atoms with Crippen molar-refractivity contribution in [2.45, 2.75) is 39.5 Å². The lowest BCUT2D eigenvalue weighted by Gasteiger charge is -2.12. The Hall–Kier alpha value is -3.34. The number of carbonyl (C=O) groups excluding carboxylic acids is 2. The number of esters is 2. The molecule has 0 N–H and O–H groups in total. The topological polar surface area (TPSA) is 61.8 Å². The van der Waals surface area contributed by atoms with Crippen molar-refractivity contribution < 1.29 is 23.8 Å². The minimum atomic E-state index is -0.526. The summed E-state index contributed by atoms with van der Waals surface area (Å²) in [6.45, 7) is 11.6. The highest BCUT2D eigenvalue weighted by atomic mass is 16.6. The van der Waals surface area contributed by atoms with E-state index in [9.17, 15) is 9.59 Å². The molecule has 0 aliphatic carbocycles. The molecule has 0 fully saturated rings. The number of hydrogen-bond donors (Lipinski definition) is 0. The normalized spacial score (nSPS) is 10.2. The van der Waals surface area contributed by atoms with Crippen molar-refractivity contribution >= 4 is 11.9 Å². The molecular weight excluding hydrogens is 380 g/mol. The standard InChI is InChI=1S/C25H28O5/c1-5-8-19-10-12-21(18(4)16-19)29-24(26)14-15-25(27)30-22-13-11-20(9-6-2)17-23(22)28-7-3/h5-6,10-13,16-17H,1-2,7-9,14-15H2,3-4H3. The van der Waals surface area contributed by atoms with Crippen LogP contribution in [0.5, 0.6) is 17.2 Å². The summed E-state index contributed by atoms with van der Waals surface area (Å²) in [6, 6.07) is 10.9. The SMILES string of the molecule is C=CCc1ccc(OC(=O)CCC(=O)Oc2ccc(CC=C)cc2OCC)c(C)c1. The van der Waals surface area contributed by atoms with Gasteiger partial charge in [0.1, 0.15) is 5.75 Å². The summed E-state index contributed by atoms with van der Waals surface area (Å²) in [7, 11) is 0. The van der Waals surface area contributed by atoms with Gasteiger partial charge in [-0.1, -0.05) is 30.4 Å². The van der Waals surface area contributed by atoms with Crippen LogP contribution in [0.1, 0.15) is 36.5 Å². The molecule has 0 unspecified atom stereocenters. The molecule has 2 aromatic rings. The highest BCUT2D eigenvalue weighted by molar-refractivity contribution is 5.80. The molecule has 0 atom stereocenters. The maximum atomic E-state index is 12.2. The fourth-order valence-corrected chi connectivity index (χ4v) is 2.87. The molecule has 0 aliphatic heterocycles. The Morgan fingerprint density at radius 2 is 1.37 bits per heavy atom. The van der Waals surface area contributed by atoms with E-state index in [0.29, 0.717) is 30.3 Å². The molecule has 0 spiro atoms. The third kappa shape index (κ3) is 6.92. The van der Waals surface area contributed by atoms with E-state index in [0.717, 1.165) is 23.1 Å². The molecule has 2 rings (SSSR count). The highest BCUT2D eigenvalue weighted by Crippen LogP contribution is 2.29. The first-order valence-electron chi connectivity index (χ1n) is 9.95. The molecule has 2 aromatic carbocycles. The summed E-state index contributed by atoms with van der Waals surface area (Å²) in [5.74, 6) is 0.289. The van der Waals surface area contributed by atoms with Crippen LogP contribution in [0.3, 0.4) is 0 Å². The molecule has 30 heavy (non-hydrogen) atoms. The van der Waals surface area contributed by atoms with Crippen molar-refractivity contribution in [2.75, 3.05) is 6.61 Å². The third-order valence-corrected chi connectivity index (χ3v) is 4.29. The van der Waals surface area contributed by atoms with E-state index < -0.39 is 11.9 Å². The van der Waals surface area contributed by atoms with E-state index in [1.807, 2.05) is 44.2 Å². The lowest BCUT2D eigenvalue weighted by molar-refractivity contribution is -0.140. The van der Waals surface area contributed by atoms with Gasteiger partial charge < -0.3 is 14.2 Å². The fourth-order valence-electron chi connectivity index (χ4n) is 2.87. The van der Waals surface area contributed by atoms with Crippen molar-refractivity contribution in [1.29, 1.82) is 0 Å². The Morgan fingerprint density at radius 3 is 1.90 bits per heavy atom. The first-order valence-corrected chi connectivity index (χ1v) is 9.95. The maximum absolute atomic E-state index is 12.2. The summed E-state index contributed by atoms with van der Waals surface area (Å²) in [6.07, 6.45) is 4.87. The van der Waals surface area contributed by atoms with Crippen LogP contribution < -0.4 is 14.2 Å². The number of benzene rings is 2. The second-order valence-corrected chi connectivity index (χ2v) is 6.75. The van der Waals surface area contributed by atoms with Crippen LogP contribution >= 0.6 is 0 Å². The van der Waals surface area contributed by atoms with Crippen molar-refractivity contribution in [2.24, 2.45) is 0 Å². The largest absolute Gasteiger partial charge is 0.490 e. The monoisotopic (exact) mass is 408 g/mol. The lowest BCUT2D eigenvalue weighted by atomic mass is 10.1. The van der Waals surface area contributed by atoms with Gasteiger partial charge in [-0.3, -0.25) is 9.59 Å². The van der Waals surface area contributed by atoms with Crippen LogP contribution in [-0.2, 0) is 22.4 Å². The van der Waals surface area contributed by atoms with Crippen molar-refractivity contribution in [3.8, 4) is 17.2 Å². The second-order valence-electron chi connectivity index (χ2n) is 6.75. The average Bonchev–Trinajstić information content (AvgIpc) is 2.71. The Labute approximate surface area is 178 Å². The first-order chi connectivity index (χ1) is 14.5. The second kappa shape index (κ2) is 11.6. The summed E-state index contributed by atoms with van der Waals surface area (Å²) >= 11 is 0. The van der Waals surface area contributed by atoms with Crippen molar-refractivity contribution in [1.82, 2.24) is 0 Å². The zero-order valence-corrected chi connectivity index (χ0v) is 17.6. The molecule has 0 heterocycles. The van der Waals surface area contributed by atoms with E-state index >= 15 is 0 Å². The first kappa shape index (κ1) is 22.9. The van der Waals surface area contributed by atoms with Crippen LogP contribution in [-0.4, -0.2) is 18.5 Å². The van der Waals surface area contributed by atoms with Crippen molar-refractivity contribution in [3.63, 3.8) is 0 Å². The minimum absolute atomic E-state index is 0.0782. The van der Waals surface area contributed by atoms with Gasteiger partial charge in [-0.15, -0.1) is 13.2 Å². The van der Waals surface area contributed by atoms with E-state index in [2.05, 4.69) is 13.2 Å². The number of ether oxygens (including phenoxy) is 3. The van der Waals surface area contributed by atoms with E-state index in [1.165, 1.54) is 0 Å². The molecule has 0 bridgehead atoms. The molecule has 0 saturated carbocycles. The van der Waals surface area contributed by atoms with E-state index in [-0.39, 0.29) is 12.8 Å². The van der Waals surface area contributed by atoms with Gasteiger partial charge in [0, 0.05) is 0 Å². The highest BCUT2D eigenvalue weighted by Gasteiger charge is 2.15. The summed E-state index contributed by atoms with van der Waals surface area (Å²) in [5, 5.41) is 0. The van der Waals surface area contributed by atoms with Gasteiger partial charge in [0.2, 0.25) is 0 Å². The van der Waals surface area contributed by atoms with Gasteiger partial charge >= 0.3 is 11.9 Å². The number of hydrogen-bond acceptors (Lipinski definition) is 5. The zero-order chi connectivity index (χ0) is 21.9. The Bertz CT molecular complexity index is 914. The smallest absolute Gasteiger partial charge is 0.311 e. The number of aryl methyl sites for hydroxylation is 1. The molecule has 5 heteroatoms. The predicted molar refractivity (Wildman–Crippen MR) is 117 cm³/mol. The molecule has 0 saturated heterocycles. The molecule has 0 amide bonds. The van der Waals surface area contributed by atoms with Crippen molar-refractivity contribution in [3.05, 3.63) is 78.4 Å². The average molecular weight is 408 g/mol. The van der Waals surface area contributed by atoms with Gasteiger partial charge in [0.15, 0.2) is 11.5 Å². The van der Waals surface area contributed by atoms with E-state index in [1.54, 1.807) is 18.2 Å². The quantitative estimate of drug-likeness (QED) is 0.293. The zero-order valence-electron chi connectivity index (χ0n) is 17.6.